The normalized spacial score (nSPS) is 14.3. The van der Waals surface area contributed by atoms with Gasteiger partial charge < -0.3 is 4.42 Å². The molecule has 0 atom stereocenters. The Morgan fingerprint density at radius 1 is 1.17 bits per heavy atom. The van der Waals surface area contributed by atoms with E-state index in [1.54, 1.807) is 0 Å². The third kappa shape index (κ3) is 1.22. The van der Waals surface area contributed by atoms with Crippen LogP contribution in [0.15, 0.2) is 40.8 Å². The van der Waals surface area contributed by atoms with Crippen molar-refractivity contribution in [1.82, 2.24) is 0 Å². The van der Waals surface area contributed by atoms with E-state index in [0.29, 0.717) is 0 Å². The lowest BCUT2D eigenvalue weighted by Crippen LogP contribution is -1.95. The molecular formula is C17H14O. The average Bonchev–Trinajstić information content (AvgIpc) is 2.79. The third-order valence-electron chi connectivity index (χ3n) is 3.83. The maximum absolute atomic E-state index is 6.03. The van der Waals surface area contributed by atoms with Gasteiger partial charge in [-0.25, -0.2) is 0 Å². The molecule has 1 nitrogen and oxygen atoms in total. The molecule has 2 aromatic carbocycles. The molecule has 0 radical (unpaired) electrons. The number of allylic oxidation sites excluding steroid dienone is 1. The Morgan fingerprint density at radius 3 is 3.00 bits per heavy atom. The zero-order chi connectivity index (χ0) is 12.1. The van der Waals surface area contributed by atoms with Gasteiger partial charge in [0.25, 0.3) is 0 Å². The molecule has 0 saturated carbocycles. The Labute approximate surface area is 106 Å². The molecule has 4 rings (SSSR count). The molecule has 3 aromatic rings. The molecular weight excluding hydrogens is 220 g/mol. The van der Waals surface area contributed by atoms with E-state index in [1.807, 2.05) is 6.07 Å². The first-order valence-electron chi connectivity index (χ1n) is 6.45. The lowest BCUT2D eigenvalue weighted by Gasteiger charge is -2.12. The van der Waals surface area contributed by atoms with E-state index in [1.165, 1.54) is 27.5 Å². The largest absolute Gasteiger partial charge is 0.456 e. The summed E-state index contributed by atoms with van der Waals surface area (Å²) in [6, 6.07) is 10.6. The summed E-state index contributed by atoms with van der Waals surface area (Å²) in [5.41, 5.74) is 6.09. The molecule has 0 saturated heterocycles. The van der Waals surface area contributed by atoms with Crippen LogP contribution in [-0.2, 0) is 6.42 Å². The molecule has 1 aromatic heterocycles. The molecule has 0 unspecified atom stereocenters. The maximum Gasteiger partial charge on any atom is 0.138 e. The highest BCUT2D eigenvalue weighted by molar-refractivity contribution is 6.08. The van der Waals surface area contributed by atoms with Gasteiger partial charge in [-0.1, -0.05) is 30.4 Å². The van der Waals surface area contributed by atoms with Gasteiger partial charge in [-0.2, -0.15) is 0 Å². The number of hydrogen-bond donors (Lipinski definition) is 0. The Hall–Kier alpha value is -2.02. The van der Waals surface area contributed by atoms with Crippen molar-refractivity contribution >= 4 is 28.0 Å². The predicted molar refractivity (Wildman–Crippen MR) is 75.8 cm³/mol. The van der Waals surface area contributed by atoms with Crippen LogP contribution in [0.1, 0.15) is 23.1 Å². The molecule has 0 amide bonds. The zero-order valence-electron chi connectivity index (χ0n) is 10.4. The molecule has 1 aliphatic rings. The molecule has 1 heterocycles. The topological polar surface area (TPSA) is 13.1 Å². The van der Waals surface area contributed by atoms with Gasteiger partial charge >= 0.3 is 0 Å². The zero-order valence-corrected chi connectivity index (χ0v) is 10.4. The maximum atomic E-state index is 6.03. The first-order valence-corrected chi connectivity index (χ1v) is 6.45. The molecule has 0 aliphatic heterocycles. The lowest BCUT2D eigenvalue weighted by atomic mass is 9.91. The Morgan fingerprint density at radius 2 is 2.06 bits per heavy atom. The van der Waals surface area contributed by atoms with Crippen molar-refractivity contribution in [2.24, 2.45) is 0 Å². The summed E-state index contributed by atoms with van der Waals surface area (Å²) >= 11 is 0. The molecule has 18 heavy (non-hydrogen) atoms. The van der Waals surface area contributed by atoms with Crippen LogP contribution in [0.4, 0.5) is 0 Å². The first kappa shape index (κ1) is 9.95. The monoisotopic (exact) mass is 234 g/mol. The standard InChI is InChI=1S/C17H14O/c1-11-10-12-6-2-3-7-13(12)16-14-8-4-5-9-15(14)18-17(11)16/h2,4-6,8-10H,3,7H2,1H3. The van der Waals surface area contributed by atoms with E-state index in [9.17, 15) is 0 Å². The van der Waals surface area contributed by atoms with E-state index in [4.69, 9.17) is 4.42 Å². The van der Waals surface area contributed by atoms with Crippen LogP contribution in [0, 0.1) is 6.92 Å². The fraction of sp³-hybridized carbons (Fsp3) is 0.176. The van der Waals surface area contributed by atoms with Crippen LogP contribution in [0.5, 0.6) is 0 Å². The number of furan rings is 1. The van der Waals surface area contributed by atoms with Crippen molar-refractivity contribution in [2.45, 2.75) is 19.8 Å². The van der Waals surface area contributed by atoms with Gasteiger partial charge in [0.15, 0.2) is 0 Å². The van der Waals surface area contributed by atoms with Crippen molar-refractivity contribution in [3.63, 3.8) is 0 Å². The molecule has 88 valence electrons. The van der Waals surface area contributed by atoms with Gasteiger partial charge in [0.2, 0.25) is 0 Å². The number of aryl methyl sites for hydroxylation is 2. The summed E-state index contributed by atoms with van der Waals surface area (Å²) in [4.78, 5) is 0. The molecule has 1 aliphatic carbocycles. The van der Waals surface area contributed by atoms with Gasteiger partial charge in [0.1, 0.15) is 11.2 Å². The Bertz CT molecular complexity index is 790. The van der Waals surface area contributed by atoms with Crippen LogP contribution >= 0.6 is 0 Å². The molecule has 0 spiro atoms. The fourth-order valence-electron chi connectivity index (χ4n) is 3.01. The lowest BCUT2D eigenvalue weighted by molar-refractivity contribution is 0.665. The fourth-order valence-corrected chi connectivity index (χ4v) is 3.01. The van der Waals surface area contributed by atoms with Crippen molar-refractivity contribution in [2.75, 3.05) is 0 Å². The Kier molecular flexibility index (Phi) is 1.93. The van der Waals surface area contributed by atoms with Crippen LogP contribution in [0.25, 0.3) is 28.0 Å². The molecule has 0 fully saturated rings. The second-order valence-electron chi connectivity index (χ2n) is 5.00. The minimum Gasteiger partial charge on any atom is -0.456 e. The molecule has 0 N–H and O–H groups in total. The van der Waals surface area contributed by atoms with Crippen molar-refractivity contribution in [3.8, 4) is 0 Å². The van der Waals surface area contributed by atoms with Gasteiger partial charge in [0.05, 0.1) is 0 Å². The molecule has 0 bridgehead atoms. The average molecular weight is 234 g/mol. The summed E-state index contributed by atoms with van der Waals surface area (Å²) in [7, 11) is 0. The highest BCUT2D eigenvalue weighted by Crippen LogP contribution is 2.37. The number of rotatable bonds is 0. The van der Waals surface area contributed by atoms with E-state index >= 15 is 0 Å². The van der Waals surface area contributed by atoms with Crippen molar-refractivity contribution in [1.29, 1.82) is 0 Å². The minimum atomic E-state index is 0.999. The van der Waals surface area contributed by atoms with Crippen LogP contribution in [-0.4, -0.2) is 0 Å². The van der Waals surface area contributed by atoms with Gasteiger partial charge in [-0.15, -0.1) is 0 Å². The summed E-state index contributed by atoms with van der Waals surface area (Å²) in [5.74, 6) is 0. The number of para-hydroxylation sites is 1. The molecule has 1 heteroatoms. The summed E-state index contributed by atoms with van der Waals surface area (Å²) < 4.78 is 6.03. The van der Waals surface area contributed by atoms with E-state index in [0.717, 1.165) is 24.0 Å². The Balaban J connectivity index is 2.28. The van der Waals surface area contributed by atoms with E-state index in [-0.39, 0.29) is 0 Å². The summed E-state index contributed by atoms with van der Waals surface area (Å²) in [6.45, 7) is 2.13. The van der Waals surface area contributed by atoms with Crippen LogP contribution < -0.4 is 0 Å². The van der Waals surface area contributed by atoms with Gasteiger partial charge in [-0.3, -0.25) is 0 Å². The number of hydrogen-bond acceptors (Lipinski definition) is 1. The van der Waals surface area contributed by atoms with Gasteiger partial charge in [0, 0.05) is 10.8 Å². The van der Waals surface area contributed by atoms with E-state index in [2.05, 4.69) is 43.3 Å². The first-order chi connectivity index (χ1) is 8.84. The summed E-state index contributed by atoms with van der Waals surface area (Å²) in [5, 5.41) is 2.58. The minimum absolute atomic E-state index is 0.999. The smallest absolute Gasteiger partial charge is 0.138 e. The second kappa shape index (κ2) is 3.49. The SMILES string of the molecule is Cc1cc2c(c3c1oc1ccccc13)CCC=C2. The number of benzene rings is 2. The van der Waals surface area contributed by atoms with Crippen molar-refractivity contribution in [3.05, 3.63) is 53.1 Å². The van der Waals surface area contributed by atoms with Gasteiger partial charge in [-0.05, 0) is 48.6 Å². The van der Waals surface area contributed by atoms with Crippen LogP contribution in [0.3, 0.4) is 0 Å². The number of fused-ring (bicyclic) bond motifs is 5. The third-order valence-corrected chi connectivity index (χ3v) is 3.83. The quantitative estimate of drug-likeness (QED) is 0.541. The highest BCUT2D eigenvalue weighted by atomic mass is 16.3. The summed E-state index contributed by atoms with van der Waals surface area (Å²) in [6.07, 6.45) is 6.75. The highest BCUT2D eigenvalue weighted by Gasteiger charge is 2.16. The van der Waals surface area contributed by atoms with Crippen LogP contribution in [0.2, 0.25) is 0 Å². The second-order valence-corrected chi connectivity index (χ2v) is 5.00. The van der Waals surface area contributed by atoms with Crippen molar-refractivity contribution < 1.29 is 4.42 Å². The van der Waals surface area contributed by atoms with E-state index < -0.39 is 0 Å². The predicted octanol–water partition coefficient (Wildman–Crippen LogP) is 4.85.